The van der Waals surface area contributed by atoms with Crippen LogP contribution in [0.5, 0.6) is 0 Å². The molecule has 3 aromatic rings. The third kappa shape index (κ3) is 5.81. The van der Waals surface area contributed by atoms with Gasteiger partial charge in [0.25, 0.3) is 0 Å². The number of morpholine rings is 1. The van der Waals surface area contributed by atoms with Gasteiger partial charge in [-0.2, -0.15) is 0 Å². The fourth-order valence-corrected chi connectivity index (χ4v) is 3.50. The van der Waals surface area contributed by atoms with Gasteiger partial charge in [-0.25, -0.2) is 9.97 Å². The summed E-state index contributed by atoms with van der Waals surface area (Å²) in [7, 11) is 3.73. The molecule has 0 bridgehead atoms. The highest BCUT2D eigenvalue weighted by Crippen LogP contribution is 2.23. The Balaban J connectivity index is 1.40. The van der Waals surface area contributed by atoms with Crippen molar-refractivity contribution in [1.29, 1.82) is 0 Å². The molecular formula is C24H28N6O2. The summed E-state index contributed by atoms with van der Waals surface area (Å²) in [6, 6.07) is 17.8. The van der Waals surface area contributed by atoms with E-state index in [1.165, 1.54) is 5.69 Å². The van der Waals surface area contributed by atoms with E-state index in [0.717, 1.165) is 48.9 Å². The van der Waals surface area contributed by atoms with Crippen LogP contribution in [0.25, 0.3) is 11.3 Å². The first kappa shape index (κ1) is 21.7. The summed E-state index contributed by atoms with van der Waals surface area (Å²) in [4.78, 5) is 25.0. The normalized spacial score (nSPS) is 13.8. The van der Waals surface area contributed by atoms with Gasteiger partial charge in [0.2, 0.25) is 11.9 Å². The Hall–Kier alpha value is -3.49. The number of anilines is 4. The first-order chi connectivity index (χ1) is 15.6. The van der Waals surface area contributed by atoms with E-state index < -0.39 is 0 Å². The number of carbonyl (C=O) groups excluding carboxylic acids is 1. The van der Waals surface area contributed by atoms with Crippen molar-refractivity contribution in [2.24, 2.45) is 0 Å². The zero-order valence-corrected chi connectivity index (χ0v) is 18.4. The third-order valence-electron chi connectivity index (χ3n) is 5.08. The third-order valence-corrected chi connectivity index (χ3v) is 5.08. The van der Waals surface area contributed by atoms with Crippen molar-refractivity contribution in [1.82, 2.24) is 14.9 Å². The number of rotatable bonds is 7. The number of carbonyl (C=O) groups is 1. The van der Waals surface area contributed by atoms with E-state index in [4.69, 9.17) is 4.74 Å². The molecule has 1 amide bonds. The number of hydrogen-bond donors (Lipinski definition) is 2. The number of likely N-dealkylation sites (N-methyl/N-ethyl adjacent to an activating group) is 1. The molecule has 1 fully saturated rings. The van der Waals surface area contributed by atoms with E-state index in [0.29, 0.717) is 12.5 Å². The van der Waals surface area contributed by atoms with Gasteiger partial charge in [0.05, 0.1) is 25.5 Å². The highest BCUT2D eigenvalue weighted by molar-refractivity contribution is 5.92. The fourth-order valence-electron chi connectivity index (χ4n) is 3.50. The van der Waals surface area contributed by atoms with Crippen LogP contribution in [0.3, 0.4) is 0 Å². The predicted octanol–water partition coefficient (Wildman–Crippen LogP) is 3.22. The Morgan fingerprint density at radius 3 is 2.38 bits per heavy atom. The van der Waals surface area contributed by atoms with Gasteiger partial charge in [0, 0.05) is 41.9 Å². The van der Waals surface area contributed by atoms with Crippen molar-refractivity contribution in [2.45, 2.75) is 0 Å². The van der Waals surface area contributed by atoms with E-state index >= 15 is 0 Å². The molecule has 32 heavy (non-hydrogen) atoms. The Bertz CT molecular complexity index is 1030. The van der Waals surface area contributed by atoms with Crippen LogP contribution >= 0.6 is 0 Å². The summed E-state index contributed by atoms with van der Waals surface area (Å²) in [5.41, 5.74) is 4.63. The largest absolute Gasteiger partial charge is 0.378 e. The molecule has 0 radical (unpaired) electrons. The molecule has 0 unspecified atom stereocenters. The molecule has 8 heteroatoms. The van der Waals surface area contributed by atoms with Gasteiger partial charge in [0.15, 0.2) is 0 Å². The van der Waals surface area contributed by atoms with Gasteiger partial charge in [-0.3, -0.25) is 4.79 Å². The Kier molecular flexibility index (Phi) is 6.94. The highest BCUT2D eigenvalue weighted by atomic mass is 16.5. The second-order valence-corrected chi connectivity index (χ2v) is 7.90. The molecule has 1 aliphatic rings. The molecule has 2 heterocycles. The minimum atomic E-state index is -0.0455. The van der Waals surface area contributed by atoms with Crippen molar-refractivity contribution in [3.05, 3.63) is 60.8 Å². The molecule has 1 aromatic heterocycles. The number of amides is 1. The molecule has 2 aromatic carbocycles. The fraction of sp³-hybridized carbons (Fsp3) is 0.292. The Morgan fingerprint density at radius 1 is 1.00 bits per heavy atom. The number of nitrogens with zero attached hydrogens (tertiary/aromatic N) is 4. The number of aromatic nitrogens is 2. The number of ether oxygens (including phenoxy) is 1. The summed E-state index contributed by atoms with van der Waals surface area (Å²) in [5.74, 6) is 0.487. The predicted molar refractivity (Wildman–Crippen MR) is 127 cm³/mol. The number of benzene rings is 2. The van der Waals surface area contributed by atoms with Crippen LogP contribution in [-0.2, 0) is 9.53 Å². The maximum absolute atomic E-state index is 11.9. The van der Waals surface area contributed by atoms with E-state index in [9.17, 15) is 4.79 Å². The lowest BCUT2D eigenvalue weighted by Gasteiger charge is -2.28. The van der Waals surface area contributed by atoms with E-state index in [2.05, 4.69) is 37.6 Å². The van der Waals surface area contributed by atoms with Crippen molar-refractivity contribution in [3.63, 3.8) is 0 Å². The van der Waals surface area contributed by atoms with Crippen LogP contribution in [0.2, 0.25) is 0 Å². The minimum absolute atomic E-state index is 0.0455. The lowest BCUT2D eigenvalue weighted by Crippen LogP contribution is -2.36. The van der Waals surface area contributed by atoms with Crippen molar-refractivity contribution in [3.8, 4) is 11.3 Å². The molecule has 8 nitrogen and oxygen atoms in total. The summed E-state index contributed by atoms with van der Waals surface area (Å²) >= 11 is 0. The van der Waals surface area contributed by atoms with Crippen LogP contribution in [0.4, 0.5) is 23.0 Å². The van der Waals surface area contributed by atoms with Crippen LogP contribution in [0, 0.1) is 0 Å². The van der Waals surface area contributed by atoms with Crippen LogP contribution < -0.4 is 15.5 Å². The van der Waals surface area contributed by atoms with Crippen molar-refractivity contribution >= 4 is 28.9 Å². The zero-order valence-electron chi connectivity index (χ0n) is 18.4. The maximum atomic E-state index is 11.9. The van der Waals surface area contributed by atoms with E-state index in [-0.39, 0.29) is 5.91 Å². The van der Waals surface area contributed by atoms with Gasteiger partial charge >= 0.3 is 0 Å². The van der Waals surface area contributed by atoms with Gasteiger partial charge in [-0.15, -0.1) is 0 Å². The lowest BCUT2D eigenvalue weighted by atomic mass is 10.1. The monoisotopic (exact) mass is 432 g/mol. The minimum Gasteiger partial charge on any atom is -0.378 e. The standard InChI is InChI=1S/C24H28N6O2/c1-29(2)17-23(31)26-19-5-3-18(4-6-19)22-11-12-25-24(28-22)27-20-7-9-21(10-8-20)30-13-15-32-16-14-30/h3-12H,13-17H2,1-2H3,(H,26,31)(H,25,27,28). The molecular weight excluding hydrogens is 404 g/mol. The van der Waals surface area contributed by atoms with Crippen LogP contribution in [0.1, 0.15) is 0 Å². The molecule has 1 aliphatic heterocycles. The molecule has 1 saturated heterocycles. The maximum Gasteiger partial charge on any atom is 0.238 e. The second kappa shape index (κ2) is 10.2. The lowest BCUT2D eigenvalue weighted by molar-refractivity contribution is -0.116. The molecule has 0 saturated carbocycles. The smallest absolute Gasteiger partial charge is 0.238 e. The van der Waals surface area contributed by atoms with Crippen molar-refractivity contribution < 1.29 is 9.53 Å². The van der Waals surface area contributed by atoms with Crippen molar-refractivity contribution in [2.75, 3.05) is 62.5 Å². The van der Waals surface area contributed by atoms with Gasteiger partial charge < -0.3 is 25.2 Å². The molecule has 0 atom stereocenters. The van der Waals surface area contributed by atoms with Gasteiger partial charge in [0.1, 0.15) is 0 Å². The highest BCUT2D eigenvalue weighted by Gasteiger charge is 2.11. The summed E-state index contributed by atoms with van der Waals surface area (Å²) < 4.78 is 5.42. The average molecular weight is 433 g/mol. The SMILES string of the molecule is CN(C)CC(=O)Nc1ccc(-c2ccnc(Nc3ccc(N4CCOCC4)cc3)n2)cc1. The quantitative estimate of drug-likeness (QED) is 0.593. The van der Waals surface area contributed by atoms with Crippen LogP contribution in [-0.4, -0.2) is 67.7 Å². The Labute approximate surface area is 188 Å². The molecule has 0 spiro atoms. The first-order valence-corrected chi connectivity index (χ1v) is 10.6. The summed E-state index contributed by atoms with van der Waals surface area (Å²) in [5, 5.41) is 6.16. The van der Waals surface area contributed by atoms with Gasteiger partial charge in [-0.1, -0.05) is 12.1 Å². The van der Waals surface area contributed by atoms with E-state index in [1.54, 1.807) is 6.20 Å². The Morgan fingerprint density at radius 2 is 1.69 bits per heavy atom. The molecule has 0 aliphatic carbocycles. The first-order valence-electron chi connectivity index (χ1n) is 10.6. The van der Waals surface area contributed by atoms with E-state index in [1.807, 2.05) is 61.5 Å². The topological polar surface area (TPSA) is 82.6 Å². The number of nitrogens with one attached hydrogen (secondary N) is 2. The molecule has 166 valence electrons. The van der Waals surface area contributed by atoms with Crippen LogP contribution in [0.15, 0.2) is 60.8 Å². The summed E-state index contributed by atoms with van der Waals surface area (Å²) in [6.07, 6.45) is 1.74. The average Bonchev–Trinajstić information content (AvgIpc) is 2.80. The second-order valence-electron chi connectivity index (χ2n) is 7.90. The number of hydrogen-bond acceptors (Lipinski definition) is 7. The zero-order chi connectivity index (χ0) is 22.3. The molecule has 2 N–H and O–H groups in total. The molecule has 4 rings (SSSR count). The van der Waals surface area contributed by atoms with Gasteiger partial charge in [-0.05, 0) is 56.6 Å². The summed E-state index contributed by atoms with van der Waals surface area (Å²) in [6.45, 7) is 3.70.